The normalized spacial score (nSPS) is 12.1. The fraction of sp³-hybridized carbons (Fsp3) is 0.222. The van der Waals surface area contributed by atoms with E-state index in [1.165, 1.54) is 6.08 Å². The molecule has 0 fully saturated rings. The first-order chi connectivity index (χ1) is 16.9. The van der Waals surface area contributed by atoms with E-state index in [4.69, 9.17) is 16.3 Å². The van der Waals surface area contributed by atoms with Crippen molar-refractivity contribution in [2.24, 2.45) is 7.05 Å². The number of ether oxygens (including phenoxy) is 1. The molecule has 4 rings (SSSR count). The van der Waals surface area contributed by atoms with Crippen molar-refractivity contribution in [3.8, 4) is 5.75 Å². The number of rotatable bonds is 8. The van der Waals surface area contributed by atoms with E-state index in [1.54, 1.807) is 19.4 Å². The molecule has 0 aliphatic heterocycles. The number of benzene rings is 2. The van der Waals surface area contributed by atoms with E-state index >= 15 is 0 Å². The molecule has 7 nitrogen and oxygen atoms in total. The predicted octanol–water partition coefficient (Wildman–Crippen LogP) is 4.86. The predicted molar refractivity (Wildman–Crippen MR) is 137 cm³/mol. The second-order valence-corrected chi connectivity index (χ2v) is 8.65. The van der Waals surface area contributed by atoms with Crippen LogP contribution in [-0.2, 0) is 18.4 Å². The van der Waals surface area contributed by atoms with Gasteiger partial charge in [0.25, 0.3) is 0 Å². The molecular formula is C27H28ClN5O2. The van der Waals surface area contributed by atoms with Crippen LogP contribution in [0.3, 0.4) is 0 Å². The lowest BCUT2D eigenvalue weighted by Gasteiger charge is -2.20. The molecule has 2 aromatic heterocycles. The molecule has 0 aliphatic rings. The van der Waals surface area contributed by atoms with Crippen molar-refractivity contribution in [1.29, 1.82) is 0 Å². The Morgan fingerprint density at radius 2 is 1.91 bits per heavy atom. The van der Waals surface area contributed by atoms with E-state index in [0.717, 1.165) is 28.1 Å². The van der Waals surface area contributed by atoms with E-state index in [9.17, 15) is 4.79 Å². The highest BCUT2D eigenvalue weighted by Crippen LogP contribution is 2.29. The largest absolute Gasteiger partial charge is 0.496 e. The zero-order valence-corrected chi connectivity index (χ0v) is 21.0. The van der Waals surface area contributed by atoms with Gasteiger partial charge in [0.15, 0.2) is 0 Å². The van der Waals surface area contributed by atoms with E-state index in [-0.39, 0.29) is 5.91 Å². The highest BCUT2D eigenvalue weighted by Gasteiger charge is 2.23. The molecule has 1 unspecified atom stereocenters. The fourth-order valence-electron chi connectivity index (χ4n) is 4.08. The maximum atomic E-state index is 13.1. The molecule has 1 N–H and O–H groups in total. The number of methoxy groups -OCH3 is 1. The van der Waals surface area contributed by atoms with Gasteiger partial charge in [0.2, 0.25) is 5.91 Å². The number of hydrogen-bond acceptors (Lipinski definition) is 4. The van der Waals surface area contributed by atoms with Gasteiger partial charge in [-0.1, -0.05) is 48.0 Å². The van der Waals surface area contributed by atoms with Crippen molar-refractivity contribution in [2.75, 3.05) is 7.11 Å². The zero-order valence-electron chi connectivity index (χ0n) is 20.2. The van der Waals surface area contributed by atoms with Gasteiger partial charge in [0, 0.05) is 47.4 Å². The third kappa shape index (κ3) is 5.30. The van der Waals surface area contributed by atoms with Crippen molar-refractivity contribution in [1.82, 2.24) is 24.6 Å². The van der Waals surface area contributed by atoms with Crippen molar-refractivity contribution in [3.05, 3.63) is 106 Å². The van der Waals surface area contributed by atoms with Gasteiger partial charge in [-0.3, -0.25) is 9.48 Å². The summed E-state index contributed by atoms with van der Waals surface area (Å²) in [5, 5.41) is 8.44. The molecule has 0 radical (unpaired) electrons. The molecule has 0 saturated heterocycles. The summed E-state index contributed by atoms with van der Waals surface area (Å²) in [5.74, 6) is 1.13. The molecular weight excluding hydrogens is 462 g/mol. The molecule has 0 saturated carbocycles. The number of carbonyl (C=O) groups is 1. The molecule has 0 bridgehead atoms. The van der Waals surface area contributed by atoms with Crippen LogP contribution in [-0.4, -0.2) is 32.3 Å². The maximum Gasteiger partial charge on any atom is 0.244 e. The van der Waals surface area contributed by atoms with Crippen LogP contribution >= 0.6 is 11.6 Å². The molecule has 0 aliphatic carbocycles. The molecule has 35 heavy (non-hydrogen) atoms. The standard InChI is InChI=1S/C27H28ClN5O2/c1-18-21(19(2)33(31-18)17-20-9-5-7-11-23(20)28)13-14-25(34)30-26(27-29-15-16-32(27)3)22-10-6-8-12-24(22)35-4/h5-16,26H,17H2,1-4H3,(H,30,34)/b14-13+. The lowest BCUT2D eigenvalue weighted by Crippen LogP contribution is -2.30. The Labute approximate surface area is 210 Å². The topological polar surface area (TPSA) is 74.0 Å². The highest BCUT2D eigenvalue weighted by molar-refractivity contribution is 6.31. The van der Waals surface area contributed by atoms with Crippen molar-refractivity contribution in [2.45, 2.75) is 26.4 Å². The van der Waals surface area contributed by atoms with Crippen LogP contribution < -0.4 is 10.1 Å². The van der Waals surface area contributed by atoms with Gasteiger partial charge in [0.05, 0.1) is 19.3 Å². The summed E-state index contributed by atoms with van der Waals surface area (Å²) < 4.78 is 9.33. The van der Waals surface area contributed by atoms with Crippen LogP contribution in [0.5, 0.6) is 5.75 Å². The average molecular weight is 490 g/mol. The molecule has 4 aromatic rings. The summed E-state index contributed by atoms with van der Waals surface area (Å²) in [5.41, 5.74) is 4.51. The summed E-state index contributed by atoms with van der Waals surface area (Å²) in [6, 6.07) is 14.8. The number of aryl methyl sites for hydroxylation is 2. The first-order valence-corrected chi connectivity index (χ1v) is 11.6. The van der Waals surface area contributed by atoms with E-state index < -0.39 is 6.04 Å². The summed E-state index contributed by atoms with van der Waals surface area (Å²) in [7, 11) is 3.51. The van der Waals surface area contributed by atoms with Gasteiger partial charge in [-0.25, -0.2) is 4.98 Å². The van der Waals surface area contributed by atoms with Gasteiger partial charge in [-0.05, 0) is 37.6 Å². The molecule has 1 amide bonds. The van der Waals surface area contributed by atoms with Crippen LogP contribution in [0.25, 0.3) is 6.08 Å². The molecule has 2 aromatic carbocycles. The number of carbonyl (C=O) groups excluding carboxylic acids is 1. The Kier molecular flexibility index (Phi) is 7.36. The number of halogens is 1. The second-order valence-electron chi connectivity index (χ2n) is 8.25. The summed E-state index contributed by atoms with van der Waals surface area (Å²) >= 11 is 6.33. The molecule has 1 atom stereocenters. The van der Waals surface area contributed by atoms with Gasteiger partial charge < -0.3 is 14.6 Å². The summed E-state index contributed by atoms with van der Waals surface area (Å²) in [4.78, 5) is 17.5. The zero-order chi connectivity index (χ0) is 24.9. The second kappa shape index (κ2) is 10.6. The van der Waals surface area contributed by atoms with Crippen LogP contribution in [0, 0.1) is 13.8 Å². The Morgan fingerprint density at radius 3 is 2.63 bits per heavy atom. The van der Waals surface area contributed by atoms with E-state index in [1.807, 2.05) is 84.9 Å². The lowest BCUT2D eigenvalue weighted by molar-refractivity contribution is -0.117. The van der Waals surface area contributed by atoms with E-state index in [0.29, 0.717) is 23.1 Å². The number of amides is 1. The van der Waals surface area contributed by atoms with E-state index in [2.05, 4.69) is 15.4 Å². The minimum atomic E-state index is -0.478. The van der Waals surface area contributed by atoms with Gasteiger partial charge in [-0.15, -0.1) is 0 Å². The van der Waals surface area contributed by atoms with Crippen LogP contribution in [0.2, 0.25) is 5.02 Å². The number of nitrogens with zero attached hydrogens (tertiary/aromatic N) is 4. The average Bonchev–Trinajstić information content (AvgIpc) is 3.39. The van der Waals surface area contributed by atoms with Crippen molar-refractivity contribution >= 4 is 23.6 Å². The van der Waals surface area contributed by atoms with Gasteiger partial charge in [0.1, 0.15) is 17.6 Å². The Hall–Kier alpha value is -3.84. The minimum Gasteiger partial charge on any atom is -0.496 e. The Bertz CT molecular complexity index is 1370. The van der Waals surface area contributed by atoms with Crippen LogP contribution in [0.4, 0.5) is 0 Å². The molecule has 8 heteroatoms. The third-order valence-electron chi connectivity index (χ3n) is 5.97. The number of aromatic nitrogens is 4. The Morgan fingerprint density at radius 1 is 1.17 bits per heavy atom. The smallest absolute Gasteiger partial charge is 0.244 e. The highest BCUT2D eigenvalue weighted by atomic mass is 35.5. The number of imidazole rings is 1. The molecule has 180 valence electrons. The number of hydrogen-bond donors (Lipinski definition) is 1. The lowest BCUT2D eigenvalue weighted by atomic mass is 10.0. The van der Waals surface area contributed by atoms with Crippen LogP contribution in [0.1, 0.15) is 39.9 Å². The molecule has 0 spiro atoms. The van der Waals surface area contributed by atoms with Gasteiger partial charge >= 0.3 is 0 Å². The first-order valence-electron chi connectivity index (χ1n) is 11.2. The first kappa shape index (κ1) is 24.3. The Balaban J connectivity index is 1.57. The number of nitrogens with one attached hydrogen (secondary N) is 1. The monoisotopic (exact) mass is 489 g/mol. The minimum absolute atomic E-state index is 0.249. The third-order valence-corrected chi connectivity index (χ3v) is 6.34. The van der Waals surface area contributed by atoms with Gasteiger partial charge in [-0.2, -0.15) is 5.10 Å². The van der Waals surface area contributed by atoms with Crippen molar-refractivity contribution < 1.29 is 9.53 Å². The summed E-state index contributed by atoms with van der Waals surface area (Å²) in [6.07, 6.45) is 6.88. The van der Waals surface area contributed by atoms with Crippen molar-refractivity contribution in [3.63, 3.8) is 0 Å². The maximum absolute atomic E-state index is 13.1. The molecule has 2 heterocycles. The van der Waals surface area contributed by atoms with Crippen LogP contribution in [0.15, 0.2) is 67.0 Å². The summed E-state index contributed by atoms with van der Waals surface area (Å²) in [6.45, 7) is 4.47. The quantitative estimate of drug-likeness (QED) is 0.358. The SMILES string of the molecule is COc1ccccc1C(NC(=O)/C=C/c1c(C)nn(Cc2ccccc2Cl)c1C)c1nccn1C. The fourth-order valence-corrected chi connectivity index (χ4v) is 4.28. The number of para-hydroxylation sites is 1.